The normalized spacial score (nSPS) is 30.0. The third kappa shape index (κ3) is 1.56. The Bertz CT molecular complexity index is 186. The van der Waals surface area contributed by atoms with Gasteiger partial charge in [-0.3, -0.25) is 0 Å². The zero-order chi connectivity index (χ0) is 10.2. The van der Waals surface area contributed by atoms with Gasteiger partial charge in [0, 0.05) is 25.7 Å². The molecule has 4 heteroatoms. The van der Waals surface area contributed by atoms with E-state index < -0.39 is 6.17 Å². The van der Waals surface area contributed by atoms with Crippen LogP contribution in [0, 0.1) is 17.3 Å². The Morgan fingerprint density at radius 1 is 0.786 bits per heavy atom. The van der Waals surface area contributed by atoms with E-state index in [1.54, 1.807) is 0 Å². The summed E-state index contributed by atoms with van der Waals surface area (Å²) in [5, 5.41) is 24.5. The highest BCUT2D eigenvalue weighted by Gasteiger charge is 2.41. The molecule has 14 heavy (non-hydrogen) atoms. The highest BCUT2D eigenvalue weighted by molar-refractivity contribution is 4.66. The van der Waals surface area contributed by atoms with E-state index in [0.29, 0.717) is 26.2 Å². The van der Waals surface area contributed by atoms with Gasteiger partial charge in [-0.2, -0.15) is 0 Å². The summed E-state index contributed by atoms with van der Waals surface area (Å²) in [5.41, 5.74) is 0. The maximum absolute atomic E-state index is 12.3. The molecule has 0 atom stereocenters. The van der Waals surface area contributed by atoms with E-state index in [1.165, 1.54) is 0 Å². The molecule has 81 valence electrons. The third-order valence-electron chi connectivity index (χ3n) is 3.73. The second-order valence-corrected chi connectivity index (χ2v) is 4.69. The Morgan fingerprint density at radius 3 is 1.36 bits per heavy atom. The lowest BCUT2D eigenvalue weighted by atomic mass is 10.4. The van der Waals surface area contributed by atoms with Crippen LogP contribution in [0.15, 0.2) is 0 Å². The minimum atomic E-state index is -0.542. The van der Waals surface area contributed by atoms with Crippen LogP contribution in [0.2, 0.25) is 0 Å². The lowest BCUT2D eigenvalue weighted by Gasteiger charge is -2.53. The van der Waals surface area contributed by atoms with Crippen LogP contribution in [0.3, 0.4) is 0 Å². The third-order valence-corrected chi connectivity index (χ3v) is 3.73. The first-order chi connectivity index (χ1) is 6.57. The summed E-state index contributed by atoms with van der Waals surface area (Å²) in [6.45, 7) is 6.24. The molecule has 2 fully saturated rings. The summed E-state index contributed by atoms with van der Waals surface area (Å²) >= 11 is 0. The van der Waals surface area contributed by atoms with E-state index in [0.717, 1.165) is 25.7 Å². The smallest absolute Gasteiger partial charge is 0.216 e. The molecule has 2 aliphatic rings. The van der Waals surface area contributed by atoms with Crippen LogP contribution in [-0.4, -0.2) is 41.6 Å². The van der Waals surface area contributed by atoms with E-state index >= 15 is 0 Å². The second-order valence-electron chi connectivity index (χ2n) is 4.69. The van der Waals surface area contributed by atoms with Gasteiger partial charge in [-0.15, -0.1) is 0 Å². The maximum Gasteiger partial charge on any atom is 0.216 e. The van der Waals surface area contributed by atoms with Crippen molar-refractivity contribution >= 4 is 0 Å². The predicted octanol–water partition coefficient (Wildman–Crippen LogP) is 1.36. The van der Waals surface area contributed by atoms with Crippen LogP contribution in [0.4, 0.5) is 0 Å². The Hall–Kier alpha value is -0.160. The number of rotatable bonds is 2. The molecule has 0 aliphatic carbocycles. The van der Waals surface area contributed by atoms with Crippen molar-refractivity contribution in [3.8, 4) is 0 Å². The van der Waals surface area contributed by atoms with Crippen LogP contribution in [0.5, 0.6) is 0 Å². The average molecular weight is 199 g/mol. The zero-order valence-electron chi connectivity index (χ0n) is 8.65. The van der Waals surface area contributed by atoms with Crippen LogP contribution in [0.1, 0.15) is 25.7 Å². The van der Waals surface area contributed by atoms with Crippen molar-refractivity contribution in [3.63, 3.8) is 0 Å². The first kappa shape index (κ1) is 10.4. The van der Waals surface area contributed by atoms with Crippen LogP contribution < -0.4 is 0 Å². The molecular formula is C10H19N2O2. The highest BCUT2D eigenvalue weighted by atomic mass is 16.6. The topological polar surface area (TPSA) is 46.1 Å². The molecule has 0 amide bonds. The van der Waals surface area contributed by atoms with Gasteiger partial charge in [0.1, 0.15) is 0 Å². The molecule has 2 heterocycles. The summed E-state index contributed by atoms with van der Waals surface area (Å²) in [6, 6.07) is 0. The van der Waals surface area contributed by atoms with Gasteiger partial charge in [-0.25, -0.2) is 0 Å². The van der Waals surface area contributed by atoms with Crippen LogP contribution in [-0.2, 0) is 0 Å². The molecule has 0 aromatic carbocycles. The fourth-order valence-electron chi connectivity index (χ4n) is 2.72. The van der Waals surface area contributed by atoms with Gasteiger partial charge in [0.15, 0.2) is 0 Å². The van der Waals surface area contributed by atoms with Crippen molar-refractivity contribution in [2.24, 2.45) is 0 Å². The molecule has 0 aromatic heterocycles. The van der Waals surface area contributed by atoms with Crippen molar-refractivity contribution in [1.29, 1.82) is 0 Å². The second kappa shape index (κ2) is 3.45. The Labute approximate surface area is 85.4 Å². The summed E-state index contributed by atoms with van der Waals surface area (Å²) in [5.74, 6) is 0. The van der Waals surface area contributed by atoms with Gasteiger partial charge in [-0.05, 0) is 0 Å². The largest absolute Gasteiger partial charge is 0.628 e. The van der Waals surface area contributed by atoms with E-state index in [4.69, 9.17) is 0 Å². The molecule has 0 N–H and O–H groups in total. The number of nitrogens with zero attached hydrogens (tertiary/aromatic N) is 2. The number of hydrogen-bond acceptors (Lipinski definition) is 2. The lowest BCUT2D eigenvalue weighted by Crippen LogP contribution is -2.62. The van der Waals surface area contributed by atoms with Crippen molar-refractivity contribution in [2.45, 2.75) is 31.8 Å². The number of quaternary nitrogens is 2. The number of hydrogen-bond donors (Lipinski definition) is 0. The number of hydroxylamine groups is 6. The fourth-order valence-corrected chi connectivity index (χ4v) is 2.72. The highest BCUT2D eigenvalue weighted by Crippen LogP contribution is 2.31. The Kier molecular flexibility index (Phi) is 2.55. The van der Waals surface area contributed by atoms with Crippen molar-refractivity contribution in [2.75, 3.05) is 26.2 Å². The monoisotopic (exact) mass is 199 g/mol. The van der Waals surface area contributed by atoms with Crippen molar-refractivity contribution in [3.05, 3.63) is 17.3 Å². The molecule has 0 aromatic rings. The van der Waals surface area contributed by atoms with Gasteiger partial charge in [-0.1, -0.05) is 0 Å². The summed E-state index contributed by atoms with van der Waals surface area (Å²) in [4.78, 5) is 0. The van der Waals surface area contributed by atoms with E-state index in [-0.39, 0.29) is 9.29 Å². The maximum atomic E-state index is 12.3. The van der Waals surface area contributed by atoms with Gasteiger partial charge in [0.25, 0.3) is 0 Å². The summed E-state index contributed by atoms with van der Waals surface area (Å²) in [7, 11) is 0. The van der Waals surface area contributed by atoms with E-state index in [1.807, 2.05) is 0 Å². The molecule has 2 aliphatic heterocycles. The minimum Gasteiger partial charge on any atom is -0.628 e. The molecule has 2 rings (SSSR count). The van der Waals surface area contributed by atoms with Gasteiger partial charge in [0.2, 0.25) is 6.17 Å². The molecule has 4 nitrogen and oxygen atoms in total. The van der Waals surface area contributed by atoms with E-state index in [9.17, 15) is 10.4 Å². The van der Waals surface area contributed by atoms with Gasteiger partial charge in [0.05, 0.1) is 33.1 Å². The molecule has 0 saturated carbocycles. The average Bonchev–Trinajstić information content (AvgIpc) is 2.75. The molecule has 0 bridgehead atoms. The molecule has 1 radical (unpaired) electrons. The summed E-state index contributed by atoms with van der Waals surface area (Å²) < 4.78 is -0.688. The van der Waals surface area contributed by atoms with Crippen LogP contribution in [0.25, 0.3) is 0 Å². The summed E-state index contributed by atoms with van der Waals surface area (Å²) in [6.07, 6.45) is 3.27. The first-order valence-corrected chi connectivity index (χ1v) is 5.55. The fraction of sp³-hybridized carbons (Fsp3) is 0.900. The molecule has 0 unspecified atom stereocenters. The molecule has 0 spiro atoms. The Morgan fingerprint density at radius 2 is 1.07 bits per heavy atom. The first-order valence-electron chi connectivity index (χ1n) is 5.55. The zero-order valence-corrected chi connectivity index (χ0v) is 8.65. The predicted molar refractivity (Wildman–Crippen MR) is 54.3 cm³/mol. The quantitative estimate of drug-likeness (QED) is 0.498. The van der Waals surface area contributed by atoms with Crippen LogP contribution >= 0.6 is 0 Å². The minimum absolute atomic E-state index is 0.344. The van der Waals surface area contributed by atoms with Crippen molar-refractivity contribution < 1.29 is 9.29 Å². The lowest BCUT2D eigenvalue weighted by molar-refractivity contribution is -1.08. The van der Waals surface area contributed by atoms with E-state index in [2.05, 4.69) is 6.92 Å². The van der Waals surface area contributed by atoms with Gasteiger partial charge >= 0.3 is 0 Å². The van der Waals surface area contributed by atoms with Gasteiger partial charge < -0.3 is 19.7 Å². The standard InChI is InChI=1S/C10H19N2O2/c1-10(11(13)6-2-3-7-11)12(14)8-4-5-9-12/h10H,1-9H2. The Balaban J connectivity index is 2.09. The molecular weight excluding hydrogens is 180 g/mol. The number of likely N-dealkylation sites (tertiary alicyclic amines) is 2. The molecule has 2 saturated heterocycles. The SMILES string of the molecule is [CH2]C([N+]1([O-])CCCC1)[N+]1([O-])CCCC1. The van der Waals surface area contributed by atoms with Crippen molar-refractivity contribution in [1.82, 2.24) is 0 Å².